The summed E-state index contributed by atoms with van der Waals surface area (Å²) in [5.74, 6) is 0.679. The van der Waals surface area contributed by atoms with Crippen molar-refractivity contribution in [3.05, 3.63) is 0 Å². The third-order valence-electron chi connectivity index (χ3n) is 12.3. The molecule has 0 aliphatic rings. The second kappa shape index (κ2) is 18.7. The lowest BCUT2D eigenvalue weighted by atomic mass is 9.45. The van der Waals surface area contributed by atoms with Crippen molar-refractivity contribution in [2.75, 3.05) is 26.2 Å². The molecule has 0 heterocycles. The Balaban J connectivity index is 6.51. The number of rotatable bonds is 24. The average molecular weight is 669 g/mol. The Morgan fingerprint density at radius 2 is 1.35 bits per heavy atom. The van der Waals surface area contributed by atoms with E-state index in [1.54, 1.807) is 0 Å². The number of ketones is 2. The van der Waals surface area contributed by atoms with E-state index in [9.17, 15) is 14.4 Å². The van der Waals surface area contributed by atoms with Crippen LogP contribution in [0.25, 0.3) is 0 Å². The Hall–Kier alpha value is -0.920. The maximum atomic E-state index is 14.6. The quantitative estimate of drug-likeness (QED) is 0.0539. The molecule has 0 bridgehead atoms. The Labute approximate surface area is 290 Å². The van der Waals surface area contributed by atoms with Crippen molar-refractivity contribution in [1.29, 1.82) is 0 Å². The van der Waals surface area contributed by atoms with Crippen LogP contribution < -0.4 is 11.1 Å². The van der Waals surface area contributed by atoms with Gasteiger partial charge in [-0.3, -0.25) is 14.4 Å². The highest BCUT2D eigenvalue weighted by molar-refractivity contribution is 7.81. The predicted octanol–water partition coefficient (Wildman–Crippen LogP) is 9.23. The van der Waals surface area contributed by atoms with Crippen LogP contribution in [0.4, 0.5) is 0 Å². The number of hydrogen-bond acceptors (Lipinski definition) is 7. The second-order valence-corrected chi connectivity index (χ2v) is 18.4. The van der Waals surface area contributed by atoms with Crippen molar-refractivity contribution in [3.8, 4) is 0 Å². The second-order valence-electron chi connectivity index (χ2n) is 17.6. The van der Waals surface area contributed by atoms with Gasteiger partial charge in [-0.25, -0.2) is 0 Å². The molecule has 0 aromatic rings. The first kappa shape index (κ1) is 45.1. The van der Waals surface area contributed by atoms with Crippen molar-refractivity contribution in [1.82, 2.24) is 5.32 Å². The van der Waals surface area contributed by atoms with Crippen molar-refractivity contribution in [2.24, 2.45) is 44.1 Å². The van der Waals surface area contributed by atoms with Gasteiger partial charge in [0.1, 0.15) is 11.6 Å². The van der Waals surface area contributed by atoms with Gasteiger partial charge in [-0.1, -0.05) is 102 Å². The van der Waals surface area contributed by atoms with Gasteiger partial charge >= 0.3 is 5.97 Å². The molecular weight excluding hydrogens is 593 g/mol. The van der Waals surface area contributed by atoms with Gasteiger partial charge in [0.25, 0.3) is 0 Å². The minimum atomic E-state index is -0.768. The fourth-order valence-corrected chi connectivity index (χ4v) is 7.10. The lowest BCUT2D eigenvalue weighted by Gasteiger charge is -2.58. The van der Waals surface area contributed by atoms with Gasteiger partial charge in [0.05, 0.1) is 17.3 Å². The zero-order valence-corrected chi connectivity index (χ0v) is 33.6. The van der Waals surface area contributed by atoms with Gasteiger partial charge in [0.15, 0.2) is 0 Å². The van der Waals surface area contributed by atoms with Crippen molar-refractivity contribution in [3.63, 3.8) is 0 Å². The molecule has 0 aliphatic carbocycles. The number of hydrogen-bond donors (Lipinski definition) is 3. The third-order valence-corrected chi connectivity index (χ3v) is 12.6. The van der Waals surface area contributed by atoms with Crippen molar-refractivity contribution in [2.45, 2.75) is 166 Å². The molecule has 0 spiro atoms. The van der Waals surface area contributed by atoms with E-state index < -0.39 is 21.7 Å². The summed E-state index contributed by atoms with van der Waals surface area (Å²) < 4.78 is 5.95. The van der Waals surface area contributed by atoms with Crippen LogP contribution in [0.1, 0.15) is 161 Å². The highest BCUT2D eigenvalue weighted by Gasteiger charge is 2.59. The van der Waals surface area contributed by atoms with Gasteiger partial charge < -0.3 is 15.8 Å². The number of esters is 1. The van der Waals surface area contributed by atoms with E-state index in [0.717, 1.165) is 38.8 Å². The van der Waals surface area contributed by atoms with E-state index >= 15 is 0 Å². The highest BCUT2D eigenvalue weighted by Crippen LogP contribution is 2.62. The minimum Gasteiger partial charge on any atom is -0.465 e. The van der Waals surface area contributed by atoms with E-state index in [2.05, 4.69) is 108 Å². The molecule has 0 aromatic heterocycles. The van der Waals surface area contributed by atoms with Crippen LogP contribution in [0.15, 0.2) is 0 Å². The molecule has 0 radical (unpaired) electrons. The molecule has 0 rings (SSSR count). The summed E-state index contributed by atoms with van der Waals surface area (Å²) in [7, 11) is 0. The number of ether oxygens (including phenoxy) is 1. The lowest BCUT2D eigenvalue weighted by molar-refractivity contribution is -0.172. The Kier molecular flexibility index (Phi) is 18.4. The average Bonchev–Trinajstić information content (AvgIpc) is 2.93. The molecule has 7 heteroatoms. The number of carbonyl (C=O) groups excluding carboxylic acids is 3. The Morgan fingerprint density at radius 3 is 1.85 bits per heavy atom. The van der Waals surface area contributed by atoms with Gasteiger partial charge in [-0.15, -0.1) is 0 Å². The number of unbranched alkanes of at least 4 members (excludes halogenated alkanes) is 2. The number of thiol groups is 1. The van der Waals surface area contributed by atoms with Gasteiger partial charge in [-0.2, -0.15) is 12.6 Å². The molecule has 0 fully saturated rings. The molecular formula is C39H76N2O4S. The zero-order chi connectivity index (χ0) is 36.2. The molecule has 0 aromatic carbocycles. The Bertz CT molecular complexity index is 952. The van der Waals surface area contributed by atoms with E-state index in [-0.39, 0.29) is 33.6 Å². The van der Waals surface area contributed by atoms with E-state index in [1.807, 2.05) is 6.92 Å². The molecule has 4 unspecified atom stereocenters. The first-order valence-electron chi connectivity index (χ1n) is 18.2. The molecule has 46 heavy (non-hydrogen) atoms. The van der Waals surface area contributed by atoms with Crippen molar-refractivity contribution >= 4 is 30.2 Å². The number of carbonyl (C=O) groups is 3. The van der Waals surface area contributed by atoms with Crippen LogP contribution in [-0.2, 0) is 19.1 Å². The summed E-state index contributed by atoms with van der Waals surface area (Å²) in [5.41, 5.74) is 2.86. The summed E-state index contributed by atoms with van der Waals surface area (Å²) in [6, 6.07) is 0. The van der Waals surface area contributed by atoms with Crippen molar-refractivity contribution < 1.29 is 19.1 Å². The maximum Gasteiger partial charge on any atom is 0.312 e. The maximum absolute atomic E-state index is 14.6. The van der Waals surface area contributed by atoms with Crippen LogP contribution in [0.5, 0.6) is 0 Å². The number of Topliss-reactive ketones (excluding diaryl/α,β-unsaturated/α-hetero) is 2. The molecule has 3 N–H and O–H groups in total. The van der Waals surface area contributed by atoms with E-state index in [1.165, 1.54) is 6.42 Å². The van der Waals surface area contributed by atoms with Gasteiger partial charge in [-0.05, 0) is 80.1 Å². The normalized spacial score (nSPS) is 17.1. The molecule has 272 valence electrons. The number of nitrogens with two attached hydrogens (primary N) is 1. The van der Waals surface area contributed by atoms with Crippen LogP contribution in [0.3, 0.4) is 0 Å². The van der Waals surface area contributed by atoms with E-state index in [4.69, 9.17) is 10.5 Å². The first-order valence-corrected chi connectivity index (χ1v) is 18.7. The third kappa shape index (κ3) is 12.2. The summed E-state index contributed by atoms with van der Waals surface area (Å²) in [5, 5.41) is 2.99. The molecule has 0 saturated heterocycles. The fourth-order valence-electron chi connectivity index (χ4n) is 6.97. The summed E-state index contributed by atoms with van der Waals surface area (Å²) in [6.07, 6.45) is 7.84. The summed E-state index contributed by atoms with van der Waals surface area (Å²) >= 11 is 4.29. The number of nitrogens with one attached hydrogen (secondary N) is 1. The SMILES string of the molecule is CCCCC(C)C(C)(C)CC(C)(C(=O)CCCCC(=O)C(C)S)C(C)(C)C(C)(C)CC(C)(C(=O)OCCCNCCN)C(C)(C)C. The summed E-state index contributed by atoms with van der Waals surface area (Å²) in [6.45, 7) is 33.1. The minimum absolute atomic E-state index is 0.0610. The zero-order valence-electron chi connectivity index (χ0n) is 32.7. The fraction of sp³-hybridized carbons (Fsp3) is 0.923. The molecule has 4 atom stereocenters. The van der Waals surface area contributed by atoms with Crippen LogP contribution >= 0.6 is 12.6 Å². The molecule has 0 amide bonds. The largest absolute Gasteiger partial charge is 0.465 e. The predicted molar refractivity (Wildman–Crippen MR) is 199 cm³/mol. The smallest absolute Gasteiger partial charge is 0.312 e. The highest BCUT2D eigenvalue weighted by atomic mass is 32.1. The van der Waals surface area contributed by atoms with Crippen LogP contribution in [-0.4, -0.2) is 49.0 Å². The van der Waals surface area contributed by atoms with E-state index in [0.29, 0.717) is 51.2 Å². The monoisotopic (exact) mass is 669 g/mol. The molecule has 0 aliphatic heterocycles. The first-order chi connectivity index (χ1) is 20.9. The van der Waals surface area contributed by atoms with Crippen LogP contribution in [0, 0.1) is 38.4 Å². The lowest BCUT2D eigenvalue weighted by Crippen LogP contribution is -2.56. The summed E-state index contributed by atoms with van der Waals surface area (Å²) in [4.78, 5) is 40.7. The standard InChI is InChI=1S/C39H76N2O4S/c1-15-16-20-29(2)35(7,8)27-38(13,32(43)22-18-17-21-31(42)30(3)46)37(11,12)36(9,10)28-39(14,34(4,5)6)33(44)45-26-19-24-41-25-23-40/h29-30,41,46H,15-28,40H2,1-14H3. The van der Waals surface area contributed by atoms with Gasteiger partial charge in [0.2, 0.25) is 0 Å². The van der Waals surface area contributed by atoms with Crippen LogP contribution in [0.2, 0.25) is 0 Å². The molecule has 6 nitrogen and oxygen atoms in total. The molecule has 0 saturated carbocycles. The van der Waals surface area contributed by atoms with Gasteiger partial charge in [0, 0.05) is 31.3 Å². The Morgan fingerprint density at radius 1 is 0.783 bits per heavy atom. The topological polar surface area (TPSA) is 98.5 Å².